The van der Waals surface area contributed by atoms with Gasteiger partial charge in [0.25, 0.3) is 0 Å². The molecule has 0 bridgehead atoms. The molecule has 0 aromatic heterocycles. The number of nitrogens with two attached hydrogens (primary N) is 1. The van der Waals surface area contributed by atoms with Gasteiger partial charge in [0, 0.05) is 23.6 Å². The lowest BCUT2D eigenvalue weighted by molar-refractivity contribution is -0.146. The smallest absolute Gasteiger partial charge is 0.317 e. The van der Waals surface area contributed by atoms with Crippen LogP contribution in [0, 0.1) is 11.8 Å². The molecule has 0 aromatic rings. The number of carbonyl (C=O) groups excluding carboxylic acids is 2. The van der Waals surface area contributed by atoms with Gasteiger partial charge in [-0.15, -0.1) is 0 Å². The van der Waals surface area contributed by atoms with Crippen molar-refractivity contribution in [2.24, 2.45) is 22.6 Å². The molecule has 1 aliphatic heterocycles. The zero-order valence-corrected chi connectivity index (χ0v) is 10.7. The predicted octanol–water partition coefficient (Wildman–Crippen LogP) is 1.18. The lowest BCUT2D eigenvalue weighted by Crippen LogP contribution is -2.42. The van der Waals surface area contributed by atoms with Crippen LogP contribution in [0.25, 0.3) is 0 Å². The second-order valence-corrected chi connectivity index (χ2v) is 4.69. The Kier molecular flexibility index (Phi) is 3.50. The zero-order valence-electron chi connectivity index (χ0n) is 10.7. The van der Waals surface area contributed by atoms with Crippen LogP contribution in [0.4, 0.5) is 0 Å². The summed E-state index contributed by atoms with van der Waals surface area (Å²) in [5.74, 6) is -0.880. The van der Waals surface area contributed by atoms with Crippen LogP contribution in [-0.2, 0) is 14.3 Å². The number of amidine groups is 1. The number of ether oxygens (including phenoxy) is 1. The number of aliphatic imine (C=N–C) groups is 1. The minimum atomic E-state index is -0.620. The second kappa shape index (κ2) is 4.92. The molecule has 2 aliphatic rings. The molecule has 1 heterocycles. The Hall–Kier alpha value is -1.65. The van der Waals surface area contributed by atoms with E-state index >= 15 is 0 Å². The van der Waals surface area contributed by atoms with E-state index in [0.717, 1.165) is 18.5 Å². The first-order chi connectivity index (χ1) is 8.56. The fourth-order valence-corrected chi connectivity index (χ4v) is 2.68. The summed E-state index contributed by atoms with van der Waals surface area (Å²) in [6.07, 6.45) is 2.11. The Labute approximate surface area is 106 Å². The Balaban J connectivity index is 2.34. The molecular formula is C13H18N2O3. The maximum Gasteiger partial charge on any atom is 0.317 e. The van der Waals surface area contributed by atoms with Crippen molar-refractivity contribution in [3.63, 3.8) is 0 Å². The summed E-state index contributed by atoms with van der Waals surface area (Å²) in [5, 5.41) is 0. The molecule has 2 N–H and O–H groups in total. The SMILES string of the molecule is CCOC(=O)C1C(N)=NC2=C(C(=O)CCC2)C1C. The van der Waals surface area contributed by atoms with Crippen molar-refractivity contribution in [1.82, 2.24) is 0 Å². The van der Waals surface area contributed by atoms with Crippen LogP contribution in [-0.4, -0.2) is 24.2 Å². The highest BCUT2D eigenvalue weighted by Gasteiger charge is 2.40. The van der Waals surface area contributed by atoms with Crippen molar-refractivity contribution in [2.45, 2.75) is 33.1 Å². The lowest BCUT2D eigenvalue weighted by Gasteiger charge is -2.31. The number of ketones is 1. The van der Waals surface area contributed by atoms with E-state index in [2.05, 4.69) is 4.99 Å². The molecule has 0 radical (unpaired) electrons. The predicted molar refractivity (Wildman–Crippen MR) is 66.8 cm³/mol. The molecular weight excluding hydrogens is 232 g/mol. The maximum absolute atomic E-state index is 12.0. The molecule has 5 heteroatoms. The van der Waals surface area contributed by atoms with Gasteiger partial charge in [0.2, 0.25) is 0 Å². The number of rotatable bonds is 2. The Morgan fingerprint density at radius 3 is 2.89 bits per heavy atom. The van der Waals surface area contributed by atoms with E-state index in [1.54, 1.807) is 6.92 Å². The van der Waals surface area contributed by atoms with Crippen molar-refractivity contribution in [3.05, 3.63) is 11.3 Å². The van der Waals surface area contributed by atoms with Crippen molar-refractivity contribution in [3.8, 4) is 0 Å². The summed E-state index contributed by atoms with van der Waals surface area (Å²) >= 11 is 0. The van der Waals surface area contributed by atoms with Gasteiger partial charge >= 0.3 is 5.97 Å². The van der Waals surface area contributed by atoms with E-state index in [1.165, 1.54) is 0 Å². The summed E-state index contributed by atoms with van der Waals surface area (Å²) in [6, 6.07) is 0. The minimum absolute atomic E-state index is 0.0919. The van der Waals surface area contributed by atoms with Gasteiger partial charge in [-0.25, -0.2) is 4.99 Å². The molecule has 0 saturated heterocycles. The van der Waals surface area contributed by atoms with Crippen LogP contribution in [0.1, 0.15) is 33.1 Å². The molecule has 0 fully saturated rings. The minimum Gasteiger partial charge on any atom is -0.465 e. The topological polar surface area (TPSA) is 81.8 Å². The highest BCUT2D eigenvalue weighted by Crippen LogP contribution is 2.36. The Morgan fingerprint density at radius 2 is 2.22 bits per heavy atom. The zero-order chi connectivity index (χ0) is 13.3. The van der Waals surface area contributed by atoms with Gasteiger partial charge < -0.3 is 10.5 Å². The third kappa shape index (κ3) is 2.05. The number of hydrogen-bond donors (Lipinski definition) is 1. The van der Waals surface area contributed by atoms with Crippen molar-refractivity contribution >= 4 is 17.6 Å². The average molecular weight is 250 g/mol. The number of hydrogen-bond acceptors (Lipinski definition) is 5. The summed E-state index contributed by atoms with van der Waals surface area (Å²) in [5.41, 5.74) is 7.29. The fraction of sp³-hybridized carbons (Fsp3) is 0.615. The molecule has 0 saturated carbocycles. The van der Waals surface area contributed by atoms with E-state index in [9.17, 15) is 9.59 Å². The summed E-state index contributed by atoms with van der Waals surface area (Å²) in [7, 11) is 0. The quantitative estimate of drug-likeness (QED) is 0.746. The summed E-state index contributed by atoms with van der Waals surface area (Å²) in [4.78, 5) is 28.1. The largest absolute Gasteiger partial charge is 0.465 e. The van der Waals surface area contributed by atoms with Crippen LogP contribution in [0.2, 0.25) is 0 Å². The van der Waals surface area contributed by atoms with Crippen molar-refractivity contribution in [2.75, 3.05) is 6.61 Å². The highest BCUT2D eigenvalue weighted by atomic mass is 16.5. The molecule has 2 unspecified atom stereocenters. The van der Waals surface area contributed by atoms with Crippen LogP contribution >= 0.6 is 0 Å². The van der Waals surface area contributed by atoms with Gasteiger partial charge in [-0.3, -0.25) is 9.59 Å². The third-order valence-electron chi connectivity index (χ3n) is 3.51. The van der Waals surface area contributed by atoms with E-state index in [4.69, 9.17) is 10.5 Å². The first-order valence-corrected chi connectivity index (χ1v) is 6.33. The number of nitrogens with zero attached hydrogens (tertiary/aromatic N) is 1. The second-order valence-electron chi connectivity index (χ2n) is 4.69. The van der Waals surface area contributed by atoms with Gasteiger partial charge in [-0.05, 0) is 19.8 Å². The molecule has 2 rings (SSSR count). The molecule has 2 atom stereocenters. The Morgan fingerprint density at radius 1 is 1.50 bits per heavy atom. The van der Waals surface area contributed by atoms with Crippen LogP contribution in [0.5, 0.6) is 0 Å². The number of carbonyl (C=O) groups is 2. The standard InChI is InChI=1S/C13H18N2O3/c1-3-18-13(17)11-7(2)10-8(15-12(11)14)5-4-6-9(10)16/h7,11H,3-6H2,1-2H3,(H2,14,15). The van der Waals surface area contributed by atoms with Crippen LogP contribution in [0.15, 0.2) is 16.3 Å². The molecule has 0 spiro atoms. The van der Waals surface area contributed by atoms with Gasteiger partial charge in [0.05, 0.1) is 6.61 Å². The lowest BCUT2D eigenvalue weighted by atomic mass is 9.77. The third-order valence-corrected chi connectivity index (χ3v) is 3.51. The first kappa shape index (κ1) is 12.8. The number of Topliss-reactive ketones (excluding diaryl/α,β-unsaturated/α-hetero) is 1. The molecule has 18 heavy (non-hydrogen) atoms. The van der Waals surface area contributed by atoms with E-state index in [-0.39, 0.29) is 17.5 Å². The van der Waals surface area contributed by atoms with Crippen LogP contribution in [0.3, 0.4) is 0 Å². The van der Waals surface area contributed by atoms with Crippen LogP contribution < -0.4 is 5.73 Å². The van der Waals surface area contributed by atoms with Crippen molar-refractivity contribution < 1.29 is 14.3 Å². The van der Waals surface area contributed by atoms with Gasteiger partial charge in [-0.2, -0.15) is 0 Å². The van der Waals surface area contributed by atoms with E-state index < -0.39 is 11.9 Å². The monoisotopic (exact) mass is 250 g/mol. The number of esters is 1. The van der Waals surface area contributed by atoms with Gasteiger partial charge in [-0.1, -0.05) is 6.92 Å². The first-order valence-electron chi connectivity index (χ1n) is 6.33. The van der Waals surface area contributed by atoms with E-state index in [0.29, 0.717) is 18.6 Å². The maximum atomic E-state index is 12.0. The molecule has 5 nitrogen and oxygen atoms in total. The van der Waals surface area contributed by atoms with Gasteiger partial charge in [0.15, 0.2) is 5.78 Å². The molecule has 1 aliphatic carbocycles. The van der Waals surface area contributed by atoms with Gasteiger partial charge in [0.1, 0.15) is 11.8 Å². The number of allylic oxidation sites excluding steroid dienone is 2. The van der Waals surface area contributed by atoms with Crippen molar-refractivity contribution in [1.29, 1.82) is 0 Å². The molecule has 0 amide bonds. The fourth-order valence-electron chi connectivity index (χ4n) is 2.68. The normalized spacial score (nSPS) is 27.7. The summed E-state index contributed by atoms with van der Waals surface area (Å²) < 4.78 is 5.00. The molecule has 98 valence electrons. The molecule has 0 aromatic carbocycles. The average Bonchev–Trinajstić information content (AvgIpc) is 2.28. The highest BCUT2D eigenvalue weighted by molar-refractivity contribution is 6.06. The van der Waals surface area contributed by atoms with E-state index in [1.807, 2.05) is 6.92 Å². The Bertz CT molecular complexity index is 451. The summed E-state index contributed by atoms with van der Waals surface area (Å²) in [6.45, 7) is 3.89.